The number of ether oxygens (including phenoxy) is 2. The van der Waals surface area contributed by atoms with Crippen LogP contribution in [0.3, 0.4) is 0 Å². The van der Waals surface area contributed by atoms with Crippen LogP contribution < -0.4 is 4.74 Å². The maximum atomic E-state index is 9.25. The van der Waals surface area contributed by atoms with Crippen molar-refractivity contribution in [2.24, 2.45) is 0 Å². The Labute approximate surface area is 132 Å². The van der Waals surface area contributed by atoms with E-state index in [9.17, 15) is 5.11 Å². The van der Waals surface area contributed by atoms with Crippen LogP contribution in [0, 0.1) is 11.3 Å². The minimum atomic E-state index is -0.0957. The van der Waals surface area contributed by atoms with Gasteiger partial charge in [-0.25, -0.2) is 0 Å². The van der Waals surface area contributed by atoms with E-state index in [2.05, 4.69) is 24.0 Å². The third-order valence-corrected chi connectivity index (χ3v) is 3.82. The average Bonchev–Trinajstić information content (AvgIpc) is 2.54. The van der Waals surface area contributed by atoms with Crippen LogP contribution in [-0.2, 0) is 11.3 Å². The zero-order chi connectivity index (χ0) is 15.8. The molecule has 2 unspecified atom stereocenters. The van der Waals surface area contributed by atoms with Crippen LogP contribution in [-0.4, -0.2) is 48.5 Å². The molecular formula is C17H24N2O3. The number of aliphatic hydroxyl groups excluding tert-OH is 1. The Balaban J connectivity index is 1.90. The van der Waals surface area contributed by atoms with E-state index in [4.69, 9.17) is 14.7 Å². The molecule has 1 aliphatic rings. The summed E-state index contributed by atoms with van der Waals surface area (Å²) in [6.07, 6.45) is 1.18. The van der Waals surface area contributed by atoms with Gasteiger partial charge in [-0.1, -0.05) is 12.1 Å². The fourth-order valence-corrected chi connectivity index (χ4v) is 2.52. The fourth-order valence-electron chi connectivity index (χ4n) is 2.52. The van der Waals surface area contributed by atoms with Gasteiger partial charge in [-0.2, -0.15) is 5.26 Å². The summed E-state index contributed by atoms with van der Waals surface area (Å²) in [4.78, 5) is 2.32. The molecule has 5 heteroatoms. The van der Waals surface area contributed by atoms with E-state index in [1.54, 1.807) is 0 Å². The summed E-state index contributed by atoms with van der Waals surface area (Å²) < 4.78 is 11.2. The lowest BCUT2D eigenvalue weighted by Crippen LogP contribution is -2.48. The van der Waals surface area contributed by atoms with E-state index in [1.807, 2.05) is 18.2 Å². The van der Waals surface area contributed by atoms with Crippen LogP contribution in [0.15, 0.2) is 24.3 Å². The second-order valence-electron chi connectivity index (χ2n) is 5.67. The molecule has 1 aliphatic heterocycles. The van der Waals surface area contributed by atoms with Crippen LogP contribution >= 0.6 is 0 Å². The van der Waals surface area contributed by atoms with E-state index in [0.717, 1.165) is 25.3 Å². The van der Waals surface area contributed by atoms with Crippen LogP contribution in [0.25, 0.3) is 0 Å². The van der Waals surface area contributed by atoms with Gasteiger partial charge in [-0.15, -0.1) is 0 Å². The van der Waals surface area contributed by atoms with Crippen molar-refractivity contribution in [2.75, 3.05) is 26.4 Å². The smallest absolute Gasteiger partial charge is 0.119 e. The number of hydrogen-bond donors (Lipinski definition) is 1. The van der Waals surface area contributed by atoms with Crippen LogP contribution in [0.2, 0.25) is 0 Å². The standard InChI is InChI=1S/C17H24N2O3/c1-14-13-22-17(12-20)11-19(14)10-15-5-4-6-16(9-15)21-8-3-2-7-18/h4-6,9,14,17,20H,2-3,8,10-13H2,1H3. The minimum absolute atomic E-state index is 0.0608. The van der Waals surface area contributed by atoms with Crippen molar-refractivity contribution in [1.29, 1.82) is 5.26 Å². The quantitative estimate of drug-likeness (QED) is 0.780. The molecule has 0 amide bonds. The lowest BCUT2D eigenvalue weighted by atomic mass is 10.1. The molecule has 0 spiro atoms. The highest BCUT2D eigenvalue weighted by Crippen LogP contribution is 2.19. The highest BCUT2D eigenvalue weighted by atomic mass is 16.5. The second kappa shape index (κ2) is 8.74. The maximum Gasteiger partial charge on any atom is 0.119 e. The molecule has 1 heterocycles. The molecule has 1 aromatic rings. The molecule has 120 valence electrons. The topological polar surface area (TPSA) is 65.7 Å². The van der Waals surface area contributed by atoms with Crippen molar-refractivity contribution in [3.63, 3.8) is 0 Å². The molecular weight excluding hydrogens is 280 g/mol. The summed E-state index contributed by atoms with van der Waals surface area (Å²) in [5, 5.41) is 17.8. The van der Waals surface area contributed by atoms with Crippen LogP contribution in [0.4, 0.5) is 0 Å². The summed E-state index contributed by atoms with van der Waals surface area (Å²) in [6, 6.07) is 10.5. The summed E-state index contributed by atoms with van der Waals surface area (Å²) in [5.41, 5.74) is 1.18. The Morgan fingerprint density at radius 3 is 3.14 bits per heavy atom. The summed E-state index contributed by atoms with van der Waals surface area (Å²) in [6.45, 7) is 4.97. The average molecular weight is 304 g/mol. The van der Waals surface area contributed by atoms with E-state index < -0.39 is 0 Å². The van der Waals surface area contributed by atoms with Gasteiger partial charge < -0.3 is 14.6 Å². The van der Waals surface area contributed by atoms with Gasteiger partial charge in [0.2, 0.25) is 0 Å². The first-order chi connectivity index (χ1) is 10.7. The first-order valence-corrected chi connectivity index (χ1v) is 7.78. The number of unbranched alkanes of at least 4 members (excludes halogenated alkanes) is 1. The molecule has 22 heavy (non-hydrogen) atoms. The highest BCUT2D eigenvalue weighted by Gasteiger charge is 2.25. The van der Waals surface area contributed by atoms with E-state index >= 15 is 0 Å². The molecule has 1 saturated heterocycles. The number of hydrogen-bond acceptors (Lipinski definition) is 5. The summed E-state index contributed by atoms with van der Waals surface area (Å²) in [5.74, 6) is 0.843. The number of benzene rings is 1. The van der Waals surface area contributed by atoms with Crippen LogP contribution in [0.1, 0.15) is 25.3 Å². The second-order valence-corrected chi connectivity index (χ2v) is 5.67. The molecule has 0 radical (unpaired) electrons. The Morgan fingerprint density at radius 1 is 1.50 bits per heavy atom. The van der Waals surface area contributed by atoms with Crippen molar-refractivity contribution in [1.82, 2.24) is 4.90 Å². The minimum Gasteiger partial charge on any atom is -0.494 e. The molecule has 1 aromatic carbocycles. The fraction of sp³-hybridized carbons (Fsp3) is 0.588. The molecule has 0 aromatic heterocycles. The Hall–Kier alpha value is -1.61. The lowest BCUT2D eigenvalue weighted by Gasteiger charge is -2.37. The normalized spacial score (nSPS) is 22.2. The number of morpholine rings is 1. The number of nitrogens with zero attached hydrogens (tertiary/aromatic N) is 2. The zero-order valence-corrected chi connectivity index (χ0v) is 13.1. The van der Waals surface area contributed by atoms with Gasteiger partial charge in [0.05, 0.1) is 32.0 Å². The first-order valence-electron chi connectivity index (χ1n) is 7.78. The van der Waals surface area contributed by atoms with Gasteiger partial charge in [0.15, 0.2) is 0 Å². The molecule has 1 fully saturated rings. The zero-order valence-electron chi connectivity index (χ0n) is 13.1. The van der Waals surface area contributed by atoms with Gasteiger partial charge >= 0.3 is 0 Å². The molecule has 2 rings (SSSR count). The van der Waals surface area contributed by atoms with Crippen molar-refractivity contribution in [3.05, 3.63) is 29.8 Å². The lowest BCUT2D eigenvalue weighted by molar-refractivity contribution is -0.0805. The number of aliphatic hydroxyl groups is 1. The summed E-state index contributed by atoms with van der Waals surface area (Å²) in [7, 11) is 0. The third kappa shape index (κ3) is 4.99. The van der Waals surface area contributed by atoms with E-state index in [1.165, 1.54) is 5.56 Å². The van der Waals surface area contributed by atoms with Gasteiger partial charge in [0, 0.05) is 25.6 Å². The van der Waals surface area contributed by atoms with Crippen molar-refractivity contribution in [3.8, 4) is 11.8 Å². The van der Waals surface area contributed by atoms with Gasteiger partial charge in [-0.3, -0.25) is 4.90 Å². The maximum absolute atomic E-state index is 9.25. The van der Waals surface area contributed by atoms with Gasteiger partial charge in [0.25, 0.3) is 0 Å². The molecule has 0 bridgehead atoms. The predicted molar refractivity (Wildman–Crippen MR) is 83.5 cm³/mol. The summed E-state index contributed by atoms with van der Waals surface area (Å²) >= 11 is 0. The van der Waals surface area contributed by atoms with Crippen molar-refractivity contribution in [2.45, 2.75) is 38.5 Å². The monoisotopic (exact) mass is 304 g/mol. The number of rotatable bonds is 7. The van der Waals surface area contributed by atoms with E-state index in [0.29, 0.717) is 25.7 Å². The van der Waals surface area contributed by atoms with Crippen molar-refractivity contribution >= 4 is 0 Å². The van der Waals surface area contributed by atoms with Crippen LogP contribution in [0.5, 0.6) is 5.75 Å². The highest BCUT2D eigenvalue weighted by molar-refractivity contribution is 5.28. The Kier molecular flexibility index (Phi) is 6.66. The predicted octanol–water partition coefficient (Wildman–Crippen LogP) is 1.95. The molecule has 2 atom stereocenters. The third-order valence-electron chi connectivity index (χ3n) is 3.82. The first kappa shape index (κ1) is 16.8. The van der Waals surface area contributed by atoms with Gasteiger partial charge in [-0.05, 0) is 31.0 Å². The van der Waals surface area contributed by atoms with E-state index in [-0.39, 0.29) is 12.7 Å². The number of nitriles is 1. The molecule has 1 N–H and O–H groups in total. The van der Waals surface area contributed by atoms with Crippen molar-refractivity contribution < 1.29 is 14.6 Å². The largest absolute Gasteiger partial charge is 0.494 e. The Morgan fingerprint density at radius 2 is 2.36 bits per heavy atom. The SMILES string of the molecule is CC1COC(CO)CN1Cc1cccc(OCCCC#N)c1. The van der Waals surface area contributed by atoms with Gasteiger partial charge in [0.1, 0.15) is 5.75 Å². The Bertz CT molecular complexity index is 501. The molecule has 0 saturated carbocycles. The molecule has 0 aliphatic carbocycles. The molecule has 5 nitrogen and oxygen atoms in total.